The molecule has 0 aromatic heterocycles. The second-order valence-corrected chi connectivity index (χ2v) is 6.96. The second kappa shape index (κ2) is 7.67. The fourth-order valence-electron chi connectivity index (χ4n) is 3.43. The van der Waals surface area contributed by atoms with Crippen LogP contribution in [0.25, 0.3) is 0 Å². The van der Waals surface area contributed by atoms with Gasteiger partial charge < -0.3 is 24.6 Å². The third-order valence-electron chi connectivity index (χ3n) is 4.87. The molecule has 1 fully saturated rings. The highest BCUT2D eigenvalue weighted by molar-refractivity contribution is 5.94. The number of carbonyl (C=O) groups excluding carboxylic acids is 2. The number of fused-ring (bicyclic) bond motifs is 1. The maximum Gasteiger partial charge on any atom is 0.586 e. The van der Waals surface area contributed by atoms with Crippen molar-refractivity contribution in [3.05, 3.63) is 54.1 Å². The zero-order valence-corrected chi connectivity index (χ0v) is 15.5. The average Bonchev–Trinajstić information content (AvgIpc) is 3.01. The standard InChI is InChI=1S/C20H19F2N3O4/c21-20(22)28-16-7-6-15(12-17(16)29-20)23-18(26)13-24-8-10-25(11-9-24)19(27)14-4-2-1-3-5-14/h1-7,12H,8-11,13H2,(H,23,26)/p+1. The highest BCUT2D eigenvalue weighted by atomic mass is 19.3. The summed E-state index contributed by atoms with van der Waals surface area (Å²) in [6.45, 7) is 2.65. The first-order valence-corrected chi connectivity index (χ1v) is 9.27. The highest BCUT2D eigenvalue weighted by Gasteiger charge is 2.43. The molecule has 2 aromatic carbocycles. The number of nitrogens with one attached hydrogen (secondary N) is 2. The summed E-state index contributed by atoms with van der Waals surface area (Å²) in [5, 5.41) is 2.69. The number of anilines is 1. The average molecular weight is 404 g/mol. The summed E-state index contributed by atoms with van der Waals surface area (Å²) in [6.07, 6.45) is -3.69. The molecule has 2 N–H and O–H groups in total. The number of piperazine rings is 1. The Kier molecular flexibility index (Phi) is 5.06. The summed E-state index contributed by atoms with van der Waals surface area (Å²) >= 11 is 0. The van der Waals surface area contributed by atoms with Crippen molar-refractivity contribution in [1.82, 2.24) is 4.90 Å². The largest absolute Gasteiger partial charge is 0.586 e. The predicted molar refractivity (Wildman–Crippen MR) is 99.2 cm³/mol. The number of rotatable bonds is 4. The summed E-state index contributed by atoms with van der Waals surface area (Å²) in [7, 11) is 0. The van der Waals surface area contributed by atoms with Gasteiger partial charge in [-0.15, -0.1) is 8.78 Å². The number of hydrogen-bond donors (Lipinski definition) is 2. The SMILES string of the molecule is O=C(C[NH+]1CCN(C(=O)c2ccccc2)CC1)Nc1ccc2c(c1)OC(F)(F)O2. The van der Waals surface area contributed by atoms with Crippen molar-refractivity contribution < 1.29 is 32.7 Å². The molecular formula is C20H20F2N3O4+. The van der Waals surface area contributed by atoms with Gasteiger partial charge in [0.2, 0.25) is 0 Å². The molecule has 2 amide bonds. The maximum absolute atomic E-state index is 13.1. The molecule has 1 saturated heterocycles. The molecule has 0 saturated carbocycles. The summed E-state index contributed by atoms with van der Waals surface area (Å²) in [4.78, 5) is 27.6. The first-order chi connectivity index (χ1) is 13.9. The summed E-state index contributed by atoms with van der Waals surface area (Å²) in [6, 6.07) is 13.2. The Bertz CT molecular complexity index is 915. The van der Waals surface area contributed by atoms with Crippen LogP contribution in [-0.4, -0.2) is 55.7 Å². The Hall–Kier alpha value is -3.20. The van der Waals surface area contributed by atoms with Crippen molar-refractivity contribution in [3.8, 4) is 11.5 Å². The van der Waals surface area contributed by atoms with Gasteiger partial charge >= 0.3 is 6.29 Å². The van der Waals surface area contributed by atoms with Gasteiger partial charge in [-0.3, -0.25) is 9.59 Å². The zero-order chi connectivity index (χ0) is 20.4. The van der Waals surface area contributed by atoms with E-state index in [-0.39, 0.29) is 29.9 Å². The van der Waals surface area contributed by atoms with Crippen LogP contribution in [0.4, 0.5) is 14.5 Å². The molecule has 0 unspecified atom stereocenters. The van der Waals surface area contributed by atoms with Crippen molar-refractivity contribution in [3.63, 3.8) is 0 Å². The Morgan fingerprint density at radius 3 is 2.45 bits per heavy atom. The first-order valence-electron chi connectivity index (χ1n) is 9.27. The van der Waals surface area contributed by atoms with E-state index in [0.29, 0.717) is 37.4 Å². The number of benzene rings is 2. The van der Waals surface area contributed by atoms with E-state index in [9.17, 15) is 18.4 Å². The topological polar surface area (TPSA) is 72.3 Å². The van der Waals surface area contributed by atoms with E-state index < -0.39 is 6.29 Å². The van der Waals surface area contributed by atoms with Gasteiger partial charge in [-0.1, -0.05) is 18.2 Å². The number of amides is 2. The monoisotopic (exact) mass is 404 g/mol. The lowest BCUT2D eigenvalue weighted by Gasteiger charge is -2.32. The van der Waals surface area contributed by atoms with Crippen molar-refractivity contribution in [2.24, 2.45) is 0 Å². The lowest BCUT2D eigenvalue weighted by Crippen LogP contribution is -3.15. The van der Waals surface area contributed by atoms with Crippen molar-refractivity contribution >= 4 is 17.5 Å². The second-order valence-electron chi connectivity index (χ2n) is 6.96. The van der Waals surface area contributed by atoms with Crippen LogP contribution < -0.4 is 19.7 Å². The molecule has 0 aliphatic carbocycles. The van der Waals surface area contributed by atoms with E-state index in [0.717, 1.165) is 4.90 Å². The lowest BCUT2D eigenvalue weighted by atomic mass is 10.2. The van der Waals surface area contributed by atoms with Gasteiger partial charge in [0.15, 0.2) is 18.0 Å². The van der Waals surface area contributed by atoms with Crippen molar-refractivity contribution in [1.29, 1.82) is 0 Å². The first kappa shape index (κ1) is 19.1. The molecule has 29 heavy (non-hydrogen) atoms. The van der Waals surface area contributed by atoms with Gasteiger partial charge in [0.05, 0.1) is 26.2 Å². The fraction of sp³-hybridized carbons (Fsp3) is 0.300. The Balaban J connectivity index is 1.27. The molecule has 2 heterocycles. The number of quaternary nitrogens is 1. The molecular weight excluding hydrogens is 384 g/mol. The molecule has 152 valence electrons. The lowest BCUT2D eigenvalue weighted by molar-refractivity contribution is -0.895. The third-order valence-corrected chi connectivity index (χ3v) is 4.87. The minimum Gasteiger partial charge on any atom is -0.395 e. The van der Waals surface area contributed by atoms with Crippen LogP contribution in [0.2, 0.25) is 0 Å². The number of halogens is 2. The molecule has 2 aromatic rings. The Morgan fingerprint density at radius 2 is 1.72 bits per heavy atom. The summed E-state index contributed by atoms with van der Waals surface area (Å²) in [5.41, 5.74) is 1.01. The molecule has 2 aliphatic rings. The van der Waals surface area contributed by atoms with Crippen LogP contribution in [0, 0.1) is 0 Å². The van der Waals surface area contributed by atoms with E-state index >= 15 is 0 Å². The molecule has 4 rings (SSSR count). The number of hydrogen-bond acceptors (Lipinski definition) is 4. The van der Waals surface area contributed by atoms with Crippen LogP contribution in [0.1, 0.15) is 10.4 Å². The quantitative estimate of drug-likeness (QED) is 0.797. The van der Waals surface area contributed by atoms with Gasteiger partial charge in [0, 0.05) is 17.3 Å². The fourth-order valence-corrected chi connectivity index (χ4v) is 3.43. The van der Waals surface area contributed by atoms with Gasteiger partial charge in [0.25, 0.3) is 11.8 Å². The third kappa shape index (κ3) is 4.45. The number of ether oxygens (including phenoxy) is 2. The summed E-state index contributed by atoms with van der Waals surface area (Å²) < 4.78 is 34.9. The highest BCUT2D eigenvalue weighted by Crippen LogP contribution is 2.42. The van der Waals surface area contributed by atoms with Gasteiger partial charge in [0.1, 0.15) is 0 Å². The number of carbonyl (C=O) groups is 2. The van der Waals surface area contributed by atoms with E-state index in [1.165, 1.54) is 18.2 Å². The van der Waals surface area contributed by atoms with E-state index in [1.54, 1.807) is 17.0 Å². The molecule has 7 nitrogen and oxygen atoms in total. The number of nitrogens with zero attached hydrogens (tertiary/aromatic N) is 1. The van der Waals surface area contributed by atoms with E-state index in [2.05, 4.69) is 14.8 Å². The van der Waals surface area contributed by atoms with Crippen molar-refractivity contribution in [2.45, 2.75) is 6.29 Å². The molecule has 0 spiro atoms. The van der Waals surface area contributed by atoms with Crippen LogP contribution in [0.3, 0.4) is 0 Å². The molecule has 0 bridgehead atoms. The summed E-state index contributed by atoms with van der Waals surface area (Å²) in [5.74, 6) is -0.439. The predicted octanol–water partition coefficient (Wildman–Crippen LogP) is 0.988. The van der Waals surface area contributed by atoms with Crippen molar-refractivity contribution in [2.75, 3.05) is 38.0 Å². The Morgan fingerprint density at radius 1 is 1.03 bits per heavy atom. The molecule has 9 heteroatoms. The van der Waals surface area contributed by atoms with Gasteiger partial charge in [-0.25, -0.2) is 0 Å². The minimum atomic E-state index is -3.69. The van der Waals surface area contributed by atoms with Crippen LogP contribution in [0.5, 0.6) is 11.5 Å². The van der Waals surface area contributed by atoms with Gasteiger partial charge in [-0.05, 0) is 24.3 Å². The van der Waals surface area contributed by atoms with Crippen LogP contribution in [0.15, 0.2) is 48.5 Å². The Labute approximate surface area is 165 Å². The normalized spacial score (nSPS) is 17.8. The molecule has 0 atom stereocenters. The van der Waals surface area contributed by atoms with E-state index in [1.807, 2.05) is 18.2 Å². The molecule has 2 aliphatic heterocycles. The molecule has 0 radical (unpaired) electrons. The minimum absolute atomic E-state index is 0.00809. The van der Waals surface area contributed by atoms with Crippen LogP contribution >= 0.6 is 0 Å². The zero-order valence-electron chi connectivity index (χ0n) is 15.5. The van der Waals surface area contributed by atoms with E-state index in [4.69, 9.17) is 0 Å². The van der Waals surface area contributed by atoms with Gasteiger partial charge in [-0.2, -0.15) is 0 Å². The smallest absolute Gasteiger partial charge is 0.395 e. The number of alkyl halides is 2. The maximum atomic E-state index is 13.1. The van der Waals surface area contributed by atoms with Crippen LogP contribution in [-0.2, 0) is 4.79 Å².